The average molecular weight is 539 g/mol. The Bertz CT molecular complexity index is 765. The lowest BCUT2D eigenvalue weighted by Crippen LogP contribution is -2.47. The van der Waals surface area contributed by atoms with Crippen molar-refractivity contribution in [2.75, 3.05) is 57.8 Å². The van der Waals surface area contributed by atoms with E-state index < -0.39 is 0 Å². The predicted octanol–water partition coefficient (Wildman–Crippen LogP) is 2.37. The molecule has 2 aromatic rings. The van der Waals surface area contributed by atoms with E-state index in [-0.39, 0.29) is 24.0 Å². The van der Waals surface area contributed by atoms with Gasteiger partial charge >= 0.3 is 0 Å². The largest absolute Gasteiger partial charge is 0.497 e. The summed E-state index contributed by atoms with van der Waals surface area (Å²) in [6.45, 7) is 9.59. The van der Waals surface area contributed by atoms with Gasteiger partial charge in [-0.05, 0) is 43.7 Å². The molecular formula is C22H34IN7O. The summed E-state index contributed by atoms with van der Waals surface area (Å²) in [5, 5.41) is 6.76. The standard InChI is InChI=1S/C22H33N7O.HI/c1-3-23-21(27-18-19-6-8-20(30-2)9-7-19)24-12-5-13-28-14-16-29(17-15-28)22-25-10-4-11-26-22;/h4,6-11H,3,5,12-18H2,1-2H3,(H2,23,24,27);1H. The number of halogens is 1. The van der Waals surface area contributed by atoms with Crippen LogP contribution in [0.5, 0.6) is 5.75 Å². The summed E-state index contributed by atoms with van der Waals surface area (Å²) < 4.78 is 5.20. The molecule has 0 spiro atoms. The first-order valence-electron chi connectivity index (χ1n) is 10.7. The smallest absolute Gasteiger partial charge is 0.225 e. The van der Waals surface area contributed by atoms with Gasteiger partial charge < -0.3 is 20.3 Å². The summed E-state index contributed by atoms with van der Waals surface area (Å²) in [5.41, 5.74) is 1.16. The number of ether oxygens (including phenoxy) is 1. The molecule has 3 rings (SSSR count). The molecule has 9 heteroatoms. The number of methoxy groups -OCH3 is 1. The zero-order valence-corrected chi connectivity index (χ0v) is 20.8. The van der Waals surface area contributed by atoms with Crippen LogP contribution in [-0.4, -0.2) is 73.8 Å². The summed E-state index contributed by atoms with van der Waals surface area (Å²) in [5.74, 6) is 2.56. The quantitative estimate of drug-likeness (QED) is 0.219. The molecule has 31 heavy (non-hydrogen) atoms. The van der Waals surface area contributed by atoms with Crippen molar-refractivity contribution in [3.05, 3.63) is 48.3 Å². The SMILES string of the molecule is CCNC(=NCc1ccc(OC)cc1)NCCCN1CCN(c2ncccn2)CC1.I. The van der Waals surface area contributed by atoms with Crippen molar-refractivity contribution in [1.29, 1.82) is 0 Å². The predicted molar refractivity (Wildman–Crippen MR) is 137 cm³/mol. The molecule has 0 atom stereocenters. The Kier molecular flexibility index (Phi) is 11.4. The van der Waals surface area contributed by atoms with E-state index in [0.717, 1.165) is 75.5 Å². The minimum absolute atomic E-state index is 0. The molecule has 2 heterocycles. The van der Waals surface area contributed by atoms with Crippen LogP contribution in [0.4, 0.5) is 5.95 Å². The molecule has 0 radical (unpaired) electrons. The van der Waals surface area contributed by atoms with Gasteiger partial charge in [-0.15, -0.1) is 24.0 Å². The minimum Gasteiger partial charge on any atom is -0.497 e. The molecule has 1 fully saturated rings. The highest BCUT2D eigenvalue weighted by Crippen LogP contribution is 2.12. The van der Waals surface area contributed by atoms with Crippen molar-refractivity contribution in [3.8, 4) is 5.75 Å². The van der Waals surface area contributed by atoms with Crippen molar-refractivity contribution < 1.29 is 4.74 Å². The topological polar surface area (TPSA) is 77.9 Å². The summed E-state index contributed by atoms with van der Waals surface area (Å²) in [7, 11) is 1.68. The first-order chi connectivity index (χ1) is 14.8. The lowest BCUT2D eigenvalue weighted by atomic mass is 10.2. The number of nitrogens with zero attached hydrogens (tertiary/aromatic N) is 5. The summed E-state index contributed by atoms with van der Waals surface area (Å²) >= 11 is 0. The highest BCUT2D eigenvalue weighted by Gasteiger charge is 2.18. The molecule has 1 saturated heterocycles. The fourth-order valence-electron chi connectivity index (χ4n) is 3.38. The summed E-state index contributed by atoms with van der Waals surface area (Å²) in [6.07, 6.45) is 4.69. The number of hydrogen-bond donors (Lipinski definition) is 2. The van der Waals surface area contributed by atoms with Crippen LogP contribution in [0.1, 0.15) is 18.9 Å². The Morgan fingerprint density at radius 3 is 2.42 bits per heavy atom. The van der Waals surface area contributed by atoms with E-state index in [0.29, 0.717) is 6.54 Å². The maximum Gasteiger partial charge on any atom is 0.225 e. The molecule has 0 aliphatic carbocycles. The third-order valence-electron chi connectivity index (χ3n) is 5.07. The van der Waals surface area contributed by atoms with Crippen LogP contribution in [0.2, 0.25) is 0 Å². The van der Waals surface area contributed by atoms with Crippen LogP contribution in [0, 0.1) is 0 Å². The zero-order valence-electron chi connectivity index (χ0n) is 18.5. The maximum atomic E-state index is 5.20. The fraction of sp³-hybridized carbons (Fsp3) is 0.500. The highest BCUT2D eigenvalue weighted by molar-refractivity contribution is 14.0. The molecule has 170 valence electrons. The van der Waals surface area contributed by atoms with Gasteiger partial charge in [-0.1, -0.05) is 12.1 Å². The lowest BCUT2D eigenvalue weighted by molar-refractivity contribution is 0.254. The second-order valence-electron chi connectivity index (χ2n) is 7.20. The van der Waals surface area contributed by atoms with Crippen molar-refractivity contribution >= 4 is 35.9 Å². The first-order valence-corrected chi connectivity index (χ1v) is 10.7. The van der Waals surface area contributed by atoms with Crippen LogP contribution in [-0.2, 0) is 6.54 Å². The molecular weight excluding hydrogens is 505 g/mol. The van der Waals surface area contributed by atoms with Gasteiger partial charge in [0.1, 0.15) is 5.75 Å². The second-order valence-corrected chi connectivity index (χ2v) is 7.20. The molecule has 1 aromatic heterocycles. The lowest BCUT2D eigenvalue weighted by Gasteiger charge is -2.34. The van der Waals surface area contributed by atoms with Gasteiger partial charge in [0.25, 0.3) is 0 Å². The molecule has 0 bridgehead atoms. The van der Waals surface area contributed by atoms with Gasteiger partial charge in [0, 0.05) is 51.7 Å². The molecule has 1 aromatic carbocycles. The van der Waals surface area contributed by atoms with Gasteiger partial charge in [-0.2, -0.15) is 0 Å². The van der Waals surface area contributed by atoms with Gasteiger partial charge in [0.2, 0.25) is 5.95 Å². The Morgan fingerprint density at radius 2 is 1.77 bits per heavy atom. The number of piperazine rings is 1. The van der Waals surface area contributed by atoms with Gasteiger partial charge in [-0.25, -0.2) is 15.0 Å². The van der Waals surface area contributed by atoms with Crippen LogP contribution >= 0.6 is 24.0 Å². The fourth-order valence-corrected chi connectivity index (χ4v) is 3.38. The number of nitrogens with one attached hydrogen (secondary N) is 2. The Balaban J connectivity index is 0.00000341. The van der Waals surface area contributed by atoms with Crippen LogP contribution in [0.3, 0.4) is 0 Å². The van der Waals surface area contributed by atoms with Crippen LogP contribution in [0.15, 0.2) is 47.7 Å². The van der Waals surface area contributed by atoms with Crippen molar-refractivity contribution in [2.45, 2.75) is 19.9 Å². The summed E-state index contributed by atoms with van der Waals surface area (Å²) in [4.78, 5) is 18.1. The Morgan fingerprint density at radius 1 is 1.06 bits per heavy atom. The van der Waals surface area contributed by atoms with Crippen LogP contribution in [0.25, 0.3) is 0 Å². The van der Waals surface area contributed by atoms with Gasteiger partial charge in [0.15, 0.2) is 5.96 Å². The second kappa shape index (κ2) is 14.0. The number of guanidine groups is 1. The van der Waals surface area contributed by atoms with Crippen molar-refractivity contribution in [1.82, 2.24) is 25.5 Å². The highest BCUT2D eigenvalue weighted by atomic mass is 127. The molecule has 1 aliphatic rings. The van der Waals surface area contributed by atoms with E-state index in [1.807, 2.05) is 30.3 Å². The number of aliphatic imine (C=N–C) groups is 1. The molecule has 2 N–H and O–H groups in total. The van der Waals surface area contributed by atoms with Gasteiger partial charge in [-0.3, -0.25) is 4.90 Å². The van der Waals surface area contributed by atoms with E-state index >= 15 is 0 Å². The molecule has 0 unspecified atom stereocenters. The third kappa shape index (κ3) is 8.48. The number of anilines is 1. The Hall–Kier alpha value is -2.14. The summed E-state index contributed by atoms with van der Waals surface area (Å²) in [6, 6.07) is 9.89. The first kappa shape index (κ1) is 25.1. The molecule has 0 amide bonds. The zero-order chi connectivity index (χ0) is 21.0. The van der Waals surface area contributed by atoms with E-state index in [1.54, 1.807) is 19.5 Å². The number of aromatic nitrogens is 2. The van der Waals surface area contributed by atoms with E-state index in [1.165, 1.54) is 0 Å². The van der Waals surface area contributed by atoms with Crippen molar-refractivity contribution in [3.63, 3.8) is 0 Å². The average Bonchev–Trinajstić information content (AvgIpc) is 2.81. The number of hydrogen-bond acceptors (Lipinski definition) is 6. The van der Waals surface area contributed by atoms with Crippen molar-refractivity contribution in [2.24, 2.45) is 4.99 Å². The minimum atomic E-state index is 0. The normalized spacial score (nSPS) is 14.6. The third-order valence-corrected chi connectivity index (χ3v) is 5.07. The number of benzene rings is 1. The molecule has 8 nitrogen and oxygen atoms in total. The van der Waals surface area contributed by atoms with Gasteiger partial charge in [0.05, 0.1) is 13.7 Å². The Labute approximate surface area is 202 Å². The van der Waals surface area contributed by atoms with E-state index in [9.17, 15) is 0 Å². The van der Waals surface area contributed by atoms with E-state index in [4.69, 9.17) is 4.74 Å². The molecule has 1 aliphatic heterocycles. The maximum absolute atomic E-state index is 5.20. The monoisotopic (exact) mass is 539 g/mol. The van der Waals surface area contributed by atoms with Crippen LogP contribution < -0.4 is 20.3 Å². The molecule has 0 saturated carbocycles. The van der Waals surface area contributed by atoms with E-state index in [2.05, 4.69) is 42.3 Å². The number of rotatable bonds is 9.